The van der Waals surface area contributed by atoms with E-state index in [4.69, 9.17) is 14.2 Å². The zero-order valence-corrected chi connectivity index (χ0v) is 13.3. The maximum Gasteiger partial charge on any atom is 0.222 e. The molecule has 118 valence electrons. The van der Waals surface area contributed by atoms with E-state index in [9.17, 15) is 9.59 Å². The number of hydrogen-bond donors (Lipinski definition) is 1. The van der Waals surface area contributed by atoms with Crippen LogP contribution in [0.2, 0.25) is 0 Å². The van der Waals surface area contributed by atoms with Crippen molar-refractivity contribution >= 4 is 22.8 Å². The van der Waals surface area contributed by atoms with Crippen LogP contribution in [0, 0.1) is 5.92 Å². The fraction of sp³-hybridized carbons (Fsp3) is 0.846. The summed E-state index contributed by atoms with van der Waals surface area (Å²) >= 11 is 1.15. The number of ether oxygens (including phenoxy) is 3. The van der Waals surface area contributed by atoms with Crippen molar-refractivity contribution in [2.45, 2.75) is 13.8 Å². The zero-order valence-electron chi connectivity index (χ0n) is 12.5. The molecule has 0 aliphatic heterocycles. The summed E-state index contributed by atoms with van der Waals surface area (Å²) < 4.78 is 15.6. The van der Waals surface area contributed by atoms with Crippen molar-refractivity contribution in [3.63, 3.8) is 0 Å². The van der Waals surface area contributed by atoms with Crippen LogP contribution >= 0.6 is 11.8 Å². The van der Waals surface area contributed by atoms with Crippen molar-refractivity contribution in [2.24, 2.45) is 5.92 Å². The van der Waals surface area contributed by atoms with Gasteiger partial charge in [-0.15, -0.1) is 0 Å². The summed E-state index contributed by atoms with van der Waals surface area (Å²) in [5.74, 6) is 0.0260. The number of thioether (sulfide) groups is 1. The fourth-order valence-electron chi connectivity index (χ4n) is 1.10. The first-order valence-corrected chi connectivity index (χ1v) is 7.88. The SMILES string of the molecule is CSC(=O)COCCOCCOCCNC(=O)C(C)C. The highest BCUT2D eigenvalue weighted by atomic mass is 32.2. The summed E-state index contributed by atoms with van der Waals surface area (Å²) in [7, 11) is 0. The van der Waals surface area contributed by atoms with E-state index in [2.05, 4.69) is 5.32 Å². The molecule has 1 N–H and O–H groups in total. The van der Waals surface area contributed by atoms with Gasteiger partial charge in [-0.1, -0.05) is 25.6 Å². The Morgan fingerprint density at radius 3 is 2.10 bits per heavy atom. The van der Waals surface area contributed by atoms with Gasteiger partial charge in [0, 0.05) is 12.5 Å². The minimum Gasteiger partial charge on any atom is -0.377 e. The molecule has 0 saturated heterocycles. The van der Waals surface area contributed by atoms with E-state index in [1.807, 2.05) is 13.8 Å². The molecule has 0 aromatic heterocycles. The molecule has 0 aliphatic rings. The third-order valence-corrected chi connectivity index (χ3v) is 2.83. The van der Waals surface area contributed by atoms with Gasteiger partial charge in [0.05, 0.1) is 33.0 Å². The zero-order chi connectivity index (χ0) is 15.2. The summed E-state index contributed by atoms with van der Waals surface area (Å²) in [6, 6.07) is 0. The van der Waals surface area contributed by atoms with Crippen LogP contribution in [0.25, 0.3) is 0 Å². The maximum absolute atomic E-state index is 11.2. The second-order valence-corrected chi connectivity index (χ2v) is 5.16. The van der Waals surface area contributed by atoms with E-state index < -0.39 is 0 Å². The predicted octanol–water partition coefficient (Wildman–Crippen LogP) is 0.698. The van der Waals surface area contributed by atoms with Gasteiger partial charge in [0.25, 0.3) is 0 Å². The van der Waals surface area contributed by atoms with Crippen molar-refractivity contribution in [3.8, 4) is 0 Å². The van der Waals surface area contributed by atoms with Crippen molar-refractivity contribution in [1.82, 2.24) is 5.32 Å². The van der Waals surface area contributed by atoms with E-state index in [0.29, 0.717) is 39.6 Å². The first-order chi connectivity index (χ1) is 9.57. The number of nitrogens with one attached hydrogen (secondary N) is 1. The molecule has 0 fully saturated rings. The summed E-state index contributed by atoms with van der Waals surface area (Å²) in [4.78, 5) is 22.1. The van der Waals surface area contributed by atoms with Crippen molar-refractivity contribution in [3.05, 3.63) is 0 Å². The van der Waals surface area contributed by atoms with Crippen LogP contribution in [-0.2, 0) is 23.8 Å². The van der Waals surface area contributed by atoms with Gasteiger partial charge in [0.2, 0.25) is 11.0 Å². The summed E-state index contributed by atoms with van der Waals surface area (Å²) in [5.41, 5.74) is 0. The van der Waals surface area contributed by atoms with Crippen molar-refractivity contribution in [2.75, 3.05) is 52.4 Å². The normalized spacial score (nSPS) is 10.8. The van der Waals surface area contributed by atoms with Gasteiger partial charge in [-0.2, -0.15) is 0 Å². The van der Waals surface area contributed by atoms with Gasteiger partial charge in [-0.3, -0.25) is 9.59 Å². The van der Waals surface area contributed by atoms with Crippen LogP contribution in [0.4, 0.5) is 0 Å². The lowest BCUT2D eigenvalue weighted by Crippen LogP contribution is -2.31. The van der Waals surface area contributed by atoms with Gasteiger partial charge in [-0.05, 0) is 6.26 Å². The number of amides is 1. The largest absolute Gasteiger partial charge is 0.377 e. The molecule has 20 heavy (non-hydrogen) atoms. The Labute approximate surface area is 124 Å². The summed E-state index contributed by atoms with van der Waals surface area (Å²) in [6.45, 7) is 6.58. The molecule has 6 nitrogen and oxygen atoms in total. The first-order valence-electron chi connectivity index (χ1n) is 6.65. The minimum atomic E-state index is -0.00340. The molecule has 0 bridgehead atoms. The molecule has 1 amide bonds. The molecular weight excluding hydrogens is 282 g/mol. The fourth-order valence-corrected chi connectivity index (χ4v) is 1.31. The molecule has 0 atom stereocenters. The van der Waals surface area contributed by atoms with E-state index >= 15 is 0 Å². The van der Waals surface area contributed by atoms with Crippen LogP contribution in [0.5, 0.6) is 0 Å². The first kappa shape index (κ1) is 19.4. The van der Waals surface area contributed by atoms with E-state index in [1.165, 1.54) is 0 Å². The third-order valence-electron chi connectivity index (χ3n) is 2.26. The molecule has 0 aliphatic carbocycles. The smallest absolute Gasteiger partial charge is 0.222 e. The van der Waals surface area contributed by atoms with Crippen LogP contribution in [0.1, 0.15) is 13.8 Å². The van der Waals surface area contributed by atoms with Gasteiger partial charge in [0.1, 0.15) is 6.61 Å². The highest BCUT2D eigenvalue weighted by molar-refractivity contribution is 8.13. The van der Waals surface area contributed by atoms with Crippen LogP contribution in [0.3, 0.4) is 0 Å². The second-order valence-electron chi connectivity index (χ2n) is 4.30. The molecule has 0 rings (SSSR count). The van der Waals surface area contributed by atoms with Crippen LogP contribution in [0.15, 0.2) is 0 Å². The molecule has 0 radical (unpaired) electrons. The van der Waals surface area contributed by atoms with Gasteiger partial charge >= 0.3 is 0 Å². The highest BCUT2D eigenvalue weighted by Crippen LogP contribution is 1.94. The van der Waals surface area contributed by atoms with Crippen LogP contribution < -0.4 is 5.32 Å². The van der Waals surface area contributed by atoms with E-state index in [0.717, 1.165) is 11.8 Å². The highest BCUT2D eigenvalue weighted by Gasteiger charge is 2.04. The molecule has 0 spiro atoms. The van der Waals surface area contributed by atoms with E-state index in [-0.39, 0.29) is 23.5 Å². The second kappa shape index (κ2) is 13.4. The Kier molecular flexibility index (Phi) is 12.9. The number of carbonyl (C=O) groups is 2. The quantitative estimate of drug-likeness (QED) is 0.535. The lowest BCUT2D eigenvalue weighted by atomic mass is 10.2. The van der Waals surface area contributed by atoms with Gasteiger partial charge in [0.15, 0.2) is 0 Å². The number of carbonyl (C=O) groups excluding carboxylic acids is 2. The minimum absolute atomic E-state index is 0.00340. The summed E-state index contributed by atoms with van der Waals surface area (Å²) in [5, 5.41) is 2.77. The lowest BCUT2D eigenvalue weighted by molar-refractivity contribution is -0.124. The average molecular weight is 307 g/mol. The molecule has 0 unspecified atom stereocenters. The Balaban J connectivity index is 3.14. The van der Waals surface area contributed by atoms with E-state index in [1.54, 1.807) is 6.26 Å². The molecule has 0 saturated carbocycles. The Morgan fingerprint density at radius 2 is 1.55 bits per heavy atom. The Hall–Kier alpha value is -0.630. The van der Waals surface area contributed by atoms with Gasteiger partial charge in [-0.25, -0.2) is 0 Å². The molecular formula is C13H25NO5S. The number of hydrogen-bond acceptors (Lipinski definition) is 6. The van der Waals surface area contributed by atoms with Crippen molar-refractivity contribution in [1.29, 1.82) is 0 Å². The predicted molar refractivity (Wildman–Crippen MR) is 78.8 cm³/mol. The monoisotopic (exact) mass is 307 g/mol. The summed E-state index contributed by atoms with van der Waals surface area (Å²) in [6.07, 6.45) is 1.73. The maximum atomic E-state index is 11.2. The third kappa shape index (κ3) is 12.4. The molecule has 7 heteroatoms. The Bertz CT molecular complexity index is 273. The van der Waals surface area contributed by atoms with Crippen molar-refractivity contribution < 1.29 is 23.8 Å². The average Bonchev–Trinajstić information content (AvgIpc) is 2.43. The van der Waals surface area contributed by atoms with Crippen LogP contribution in [-0.4, -0.2) is 63.5 Å². The molecule has 0 heterocycles. The molecule has 0 aromatic carbocycles. The standard InChI is InChI=1S/C13H25NO5S/c1-11(2)13(16)14-4-5-17-6-7-18-8-9-19-10-12(15)20-3/h11H,4-10H2,1-3H3,(H,14,16). The number of rotatable bonds is 12. The molecule has 0 aromatic rings. The van der Waals surface area contributed by atoms with Gasteiger partial charge < -0.3 is 19.5 Å². The lowest BCUT2D eigenvalue weighted by Gasteiger charge is -2.08. The topological polar surface area (TPSA) is 73.9 Å². The Morgan fingerprint density at radius 1 is 1.00 bits per heavy atom.